The molecule has 0 amide bonds. The van der Waals surface area contributed by atoms with Crippen molar-refractivity contribution in [2.45, 2.75) is 20.3 Å². The molecule has 2 rings (SSSR count). The van der Waals surface area contributed by atoms with Crippen molar-refractivity contribution < 1.29 is 9.47 Å². The Bertz CT molecular complexity index is 548. The summed E-state index contributed by atoms with van der Waals surface area (Å²) < 4.78 is 11.0. The highest BCUT2D eigenvalue weighted by molar-refractivity contribution is 5.93. The molecule has 0 bridgehead atoms. The van der Waals surface area contributed by atoms with Crippen molar-refractivity contribution in [3.05, 3.63) is 18.2 Å². The average Bonchev–Trinajstić information content (AvgIpc) is 3.00. The van der Waals surface area contributed by atoms with E-state index in [1.165, 1.54) is 13.0 Å². The molecule has 1 heterocycles. The van der Waals surface area contributed by atoms with Crippen LogP contribution in [0.4, 0.5) is 5.69 Å². The van der Waals surface area contributed by atoms with E-state index in [4.69, 9.17) is 14.5 Å². The van der Waals surface area contributed by atoms with Gasteiger partial charge in [0.2, 0.25) is 0 Å². The number of nitrogens with zero attached hydrogens (tertiary/aromatic N) is 2. The van der Waals surface area contributed by atoms with Gasteiger partial charge in [-0.2, -0.15) is 0 Å². The maximum Gasteiger partial charge on any atom is 0.195 e. The van der Waals surface area contributed by atoms with Crippen LogP contribution in [0.2, 0.25) is 0 Å². The van der Waals surface area contributed by atoms with Crippen LogP contribution in [0.5, 0.6) is 11.5 Å². The SMILES string of the molecule is CCNC(=NCC1CCN(C)C1)Nc1ccc(OCC)c(OC)c1. The number of hydrogen-bond donors (Lipinski definition) is 2. The zero-order valence-corrected chi connectivity index (χ0v) is 15.3. The maximum atomic E-state index is 5.56. The summed E-state index contributed by atoms with van der Waals surface area (Å²) in [6, 6.07) is 5.82. The molecule has 1 fully saturated rings. The molecule has 1 aromatic rings. The van der Waals surface area contributed by atoms with E-state index in [0.29, 0.717) is 12.5 Å². The second kappa shape index (κ2) is 9.37. The Morgan fingerprint density at radius 3 is 2.79 bits per heavy atom. The van der Waals surface area contributed by atoms with Crippen LogP contribution in [-0.2, 0) is 0 Å². The van der Waals surface area contributed by atoms with Gasteiger partial charge in [0.25, 0.3) is 0 Å². The van der Waals surface area contributed by atoms with Gasteiger partial charge in [0.1, 0.15) is 0 Å². The number of guanidine groups is 1. The largest absolute Gasteiger partial charge is 0.493 e. The fourth-order valence-electron chi connectivity index (χ4n) is 2.86. The van der Waals surface area contributed by atoms with Crippen LogP contribution in [-0.4, -0.2) is 57.8 Å². The number of methoxy groups -OCH3 is 1. The number of rotatable bonds is 7. The summed E-state index contributed by atoms with van der Waals surface area (Å²) in [5, 5.41) is 6.65. The molecule has 0 saturated carbocycles. The van der Waals surface area contributed by atoms with Crippen LogP contribution in [0.1, 0.15) is 20.3 Å². The Balaban J connectivity index is 2.03. The first-order chi connectivity index (χ1) is 11.7. The van der Waals surface area contributed by atoms with Gasteiger partial charge < -0.3 is 25.0 Å². The van der Waals surface area contributed by atoms with E-state index in [1.54, 1.807) is 7.11 Å². The fourth-order valence-corrected chi connectivity index (χ4v) is 2.86. The number of aliphatic imine (C=N–C) groups is 1. The van der Waals surface area contributed by atoms with Gasteiger partial charge in [-0.3, -0.25) is 4.99 Å². The van der Waals surface area contributed by atoms with Crippen molar-refractivity contribution in [1.29, 1.82) is 0 Å². The number of anilines is 1. The normalized spacial score (nSPS) is 18.5. The highest BCUT2D eigenvalue weighted by Crippen LogP contribution is 2.30. The molecule has 0 radical (unpaired) electrons. The minimum atomic E-state index is 0.614. The van der Waals surface area contributed by atoms with Gasteiger partial charge in [0.05, 0.1) is 13.7 Å². The lowest BCUT2D eigenvalue weighted by molar-refractivity contribution is 0.311. The van der Waals surface area contributed by atoms with E-state index in [2.05, 4.69) is 29.5 Å². The van der Waals surface area contributed by atoms with Gasteiger partial charge in [-0.05, 0) is 51.9 Å². The Morgan fingerprint density at radius 2 is 2.17 bits per heavy atom. The lowest BCUT2D eigenvalue weighted by atomic mass is 10.1. The van der Waals surface area contributed by atoms with Gasteiger partial charge in [0, 0.05) is 31.4 Å². The molecule has 0 spiro atoms. The second-order valence-corrected chi connectivity index (χ2v) is 6.06. The number of hydrogen-bond acceptors (Lipinski definition) is 4. The van der Waals surface area contributed by atoms with E-state index >= 15 is 0 Å². The molecule has 1 saturated heterocycles. The molecule has 1 aliphatic heterocycles. The monoisotopic (exact) mass is 334 g/mol. The Labute approximate surface area is 145 Å². The van der Waals surface area contributed by atoms with Crippen molar-refractivity contribution in [3.63, 3.8) is 0 Å². The minimum Gasteiger partial charge on any atom is -0.493 e. The Kier molecular flexibility index (Phi) is 7.18. The summed E-state index contributed by atoms with van der Waals surface area (Å²) in [4.78, 5) is 7.09. The molecule has 6 nitrogen and oxygen atoms in total. The lowest BCUT2D eigenvalue weighted by Gasteiger charge is -2.15. The third kappa shape index (κ3) is 5.30. The van der Waals surface area contributed by atoms with Crippen LogP contribution in [0.15, 0.2) is 23.2 Å². The predicted molar refractivity (Wildman–Crippen MR) is 99.4 cm³/mol. The summed E-state index contributed by atoms with van der Waals surface area (Å²) in [6.07, 6.45) is 1.22. The quantitative estimate of drug-likeness (QED) is 0.592. The van der Waals surface area contributed by atoms with Crippen molar-refractivity contribution in [2.24, 2.45) is 10.9 Å². The van der Waals surface area contributed by atoms with Gasteiger partial charge in [-0.25, -0.2) is 0 Å². The fraction of sp³-hybridized carbons (Fsp3) is 0.611. The van der Waals surface area contributed by atoms with Gasteiger partial charge in [-0.1, -0.05) is 0 Å². The minimum absolute atomic E-state index is 0.614. The topological polar surface area (TPSA) is 58.1 Å². The lowest BCUT2D eigenvalue weighted by Crippen LogP contribution is -2.31. The first-order valence-electron chi connectivity index (χ1n) is 8.71. The van der Waals surface area contributed by atoms with E-state index < -0.39 is 0 Å². The van der Waals surface area contributed by atoms with Gasteiger partial charge >= 0.3 is 0 Å². The number of ether oxygens (including phenoxy) is 2. The van der Waals surface area contributed by atoms with Crippen molar-refractivity contribution in [1.82, 2.24) is 10.2 Å². The smallest absolute Gasteiger partial charge is 0.195 e. The molecule has 134 valence electrons. The molecule has 1 aromatic carbocycles. The standard InChI is InChI=1S/C18H30N4O2/c1-5-19-18(20-12-14-9-10-22(3)13-14)21-15-7-8-16(24-6-2)17(11-15)23-4/h7-8,11,14H,5-6,9-10,12-13H2,1-4H3,(H2,19,20,21). The predicted octanol–water partition coefficient (Wildman–Crippen LogP) is 2.42. The van der Waals surface area contributed by atoms with E-state index in [-0.39, 0.29) is 0 Å². The zero-order valence-electron chi connectivity index (χ0n) is 15.3. The molecule has 0 aliphatic carbocycles. The van der Waals surface area contributed by atoms with Crippen molar-refractivity contribution in [2.75, 3.05) is 52.3 Å². The summed E-state index contributed by atoms with van der Waals surface area (Å²) in [7, 11) is 3.82. The van der Waals surface area contributed by atoms with Gasteiger partial charge in [-0.15, -0.1) is 0 Å². The maximum absolute atomic E-state index is 5.56. The van der Waals surface area contributed by atoms with Crippen LogP contribution in [0, 0.1) is 5.92 Å². The Morgan fingerprint density at radius 1 is 1.33 bits per heavy atom. The number of benzene rings is 1. The van der Waals surface area contributed by atoms with Crippen molar-refractivity contribution in [3.8, 4) is 11.5 Å². The third-order valence-corrected chi connectivity index (χ3v) is 4.07. The summed E-state index contributed by atoms with van der Waals surface area (Å²) in [5.74, 6) is 2.91. The zero-order chi connectivity index (χ0) is 17.4. The van der Waals surface area contributed by atoms with Crippen LogP contribution in [0.25, 0.3) is 0 Å². The summed E-state index contributed by atoms with van der Waals surface area (Å²) in [6.45, 7) is 8.60. The summed E-state index contributed by atoms with van der Waals surface area (Å²) in [5.41, 5.74) is 0.929. The van der Waals surface area contributed by atoms with Crippen LogP contribution >= 0.6 is 0 Å². The molecule has 1 atom stereocenters. The number of likely N-dealkylation sites (tertiary alicyclic amines) is 1. The van der Waals surface area contributed by atoms with Crippen LogP contribution < -0.4 is 20.1 Å². The molecule has 2 N–H and O–H groups in total. The molecule has 1 unspecified atom stereocenters. The molecule has 24 heavy (non-hydrogen) atoms. The second-order valence-electron chi connectivity index (χ2n) is 6.06. The van der Waals surface area contributed by atoms with E-state index in [0.717, 1.165) is 42.8 Å². The molecule has 6 heteroatoms. The van der Waals surface area contributed by atoms with Crippen LogP contribution in [0.3, 0.4) is 0 Å². The number of nitrogens with one attached hydrogen (secondary N) is 2. The van der Waals surface area contributed by atoms with Crippen molar-refractivity contribution >= 4 is 11.6 Å². The molecular formula is C18H30N4O2. The third-order valence-electron chi connectivity index (χ3n) is 4.07. The molecule has 1 aliphatic rings. The Hall–Kier alpha value is -1.95. The highest BCUT2D eigenvalue weighted by atomic mass is 16.5. The molecule has 0 aromatic heterocycles. The summed E-state index contributed by atoms with van der Waals surface area (Å²) >= 11 is 0. The van der Waals surface area contributed by atoms with E-state index in [9.17, 15) is 0 Å². The highest BCUT2D eigenvalue weighted by Gasteiger charge is 2.19. The first-order valence-corrected chi connectivity index (χ1v) is 8.71. The van der Waals surface area contributed by atoms with E-state index in [1.807, 2.05) is 25.1 Å². The first kappa shape index (κ1) is 18.4. The molecular weight excluding hydrogens is 304 g/mol. The average molecular weight is 334 g/mol. The van der Waals surface area contributed by atoms with Gasteiger partial charge in [0.15, 0.2) is 17.5 Å².